The van der Waals surface area contributed by atoms with E-state index in [0.717, 1.165) is 18.7 Å². The lowest BCUT2D eigenvalue weighted by Crippen LogP contribution is -2.55. The molecule has 23 heavy (non-hydrogen) atoms. The summed E-state index contributed by atoms with van der Waals surface area (Å²) in [5.74, 6) is 0.754. The van der Waals surface area contributed by atoms with Crippen LogP contribution in [0.1, 0.15) is 19.3 Å². The third kappa shape index (κ3) is 3.88. The van der Waals surface area contributed by atoms with Gasteiger partial charge in [0.05, 0.1) is 6.20 Å². The fourth-order valence-corrected chi connectivity index (χ4v) is 2.91. The smallest absolute Gasteiger partial charge is 0.318 e. The number of piperazine rings is 1. The number of amides is 3. The lowest BCUT2D eigenvalue weighted by atomic mass is 10.1. The molecule has 2 fully saturated rings. The van der Waals surface area contributed by atoms with Crippen LogP contribution < -0.4 is 15.5 Å². The van der Waals surface area contributed by atoms with Crippen molar-refractivity contribution >= 4 is 17.8 Å². The molecule has 0 aromatic carbocycles. The van der Waals surface area contributed by atoms with Gasteiger partial charge >= 0.3 is 6.03 Å². The number of rotatable bonds is 2. The maximum Gasteiger partial charge on any atom is 0.318 e. The number of anilines is 1. The first kappa shape index (κ1) is 15.5. The molecule has 0 radical (unpaired) electrons. The molecule has 8 heteroatoms. The Labute approximate surface area is 135 Å². The van der Waals surface area contributed by atoms with Gasteiger partial charge in [0.25, 0.3) is 0 Å². The van der Waals surface area contributed by atoms with Crippen molar-refractivity contribution in [1.82, 2.24) is 25.5 Å². The summed E-state index contributed by atoms with van der Waals surface area (Å²) in [6, 6.07) is -0.575. The van der Waals surface area contributed by atoms with Gasteiger partial charge in [0.15, 0.2) is 0 Å². The van der Waals surface area contributed by atoms with E-state index >= 15 is 0 Å². The Kier molecular flexibility index (Phi) is 4.89. The third-order valence-corrected chi connectivity index (χ3v) is 4.27. The fourth-order valence-electron chi connectivity index (χ4n) is 2.91. The minimum Gasteiger partial charge on any atom is -0.354 e. The maximum atomic E-state index is 12.4. The summed E-state index contributed by atoms with van der Waals surface area (Å²) in [5.41, 5.74) is 0. The molecule has 0 aliphatic carbocycles. The highest BCUT2D eigenvalue weighted by Crippen LogP contribution is 2.12. The Balaban J connectivity index is 1.51. The summed E-state index contributed by atoms with van der Waals surface area (Å²) < 4.78 is 0. The molecule has 2 saturated heterocycles. The number of hydrogen-bond donors (Lipinski definition) is 2. The van der Waals surface area contributed by atoms with Gasteiger partial charge in [-0.1, -0.05) is 0 Å². The molecular weight excluding hydrogens is 296 g/mol. The molecule has 0 saturated carbocycles. The summed E-state index contributed by atoms with van der Waals surface area (Å²) in [6.07, 6.45) is 7.66. The number of nitrogens with one attached hydrogen (secondary N) is 2. The number of hydrogen-bond acceptors (Lipinski definition) is 5. The minimum atomic E-state index is -0.414. The highest BCUT2D eigenvalue weighted by Gasteiger charge is 2.27. The molecule has 2 aliphatic heterocycles. The van der Waals surface area contributed by atoms with Gasteiger partial charge < -0.3 is 20.4 Å². The van der Waals surface area contributed by atoms with Crippen molar-refractivity contribution in [3.8, 4) is 0 Å². The lowest BCUT2D eigenvalue weighted by molar-refractivity contribution is -0.122. The molecule has 3 heterocycles. The van der Waals surface area contributed by atoms with Gasteiger partial charge in [-0.2, -0.15) is 0 Å². The van der Waals surface area contributed by atoms with Crippen LogP contribution in [0.5, 0.6) is 0 Å². The molecule has 2 aliphatic rings. The molecule has 1 aromatic heterocycles. The lowest BCUT2D eigenvalue weighted by Gasteiger charge is -2.35. The average Bonchev–Trinajstić information content (AvgIpc) is 2.80. The van der Waals surface area contributed by atoms with E-state index in [4.69, 9.17) is 0 Å². The van der Waals surface area contributed by atoms with E-state index in [-0.39, 0.29) is 11.9 Å². The van der Waals surface area contributed by atoms with Crippen molar-refractivity contribution in [2.75, 3.05) is 37.6 Å². The Morgan fingerprint density at radius 2 is 2.04 bits per heavy atom. The predicted molar refractivity (Wildman–Crippen MR) is 85.0 cm³/mol. The zero-order chi connectivity index (χ0) is 16.1. The third-order valence-electron chi connectivity index (χ3n) is 4.27. The molecule has 124 valence electrons. The van der Waals surface area contributed by atoms with Crippen LogP contribution in [0, 0.1) is 0 Å². The Morgan fingerprint density at radius 1 is 1.22 bits per heavy atom. The summed E-state index contributed by atoms with van der Waals surface area (Å²) in [7, 11) is 0. The maximum absolute atomic E-state index is 12.4. The molecule has 0 spiro atoms. The van der Waals surface area contributed by atoms with E-state index in [1.54, 1.807) is 23.5 Å². The summed E-state index contributed by atoms with van der Waals surface area (Å²) in [4.78, 5) is 36.5. The highest BCUT2D eigenvalue weighted by molar-refractivity contribution is 5.87. The number of carbonyl (C=O) groups excluding carboxylic acids is 2. The number of nitrogens with zero attached hydrogens (tertiary/aromatic N) is 4. The quantitative estimate of drug-likeness (QED) is 0.799. The first-order valence-electron chi connectivity index (χ1n) is 8.08. The van der Waals surface area contributed by atoms with Gasteiger partial charge in [-0.25, -0.2) is 9.78 Å². The van der Waals surface area contributed by atoms with Crippen LogP contribution >= 0.6 is 0 Å². The Bertz CT molecular complexity index is 544. The molecular formula is C15H22N6O2. The van der Waals surface area contributed by atoms with Crippen molar-refractivity contribution in [2.45, 2.75) is 25.3 Å². The van der Waals surface area contributed by atoms with Crippen LogP contribution in [0.3, 0.4) is 0 Å². The molecule has 8 nitrogen and oxygen atoms in total. The minimum absolute atomic E-state index is 0.0750. The topological polar surface area (TPSA) is 90.5 Å². The second-order valence-electron chi connectivity index (χ2n) is 5.83. The van der Waals surface area contributed by atoms with Crippen LogP contribution in [0.25, 0.3) is 0 Å². The zero-order valence-electron chi connectivity index (χ0n) is 13.1. The molecule has 0 bridgehead atoms. The van der Waals surface area contributed by atoms with Crippen molar-refractivity contribution in [3.63, 3.8) is 0 Å². The van der Waals surface area contributed by atoms with Crippen molar-refractivity contribution in [2.24, 2.45) is 0 Å². The summed E-state index contributed by atoms with van der Waals surface area (Å²) in [5, 5.41) is 5.70. The first-order chi connectivity index (χ1) is 11.2. The number of urea groups is 1. The van der Waals surface area contributed by atoms with Crippen LogP contribution in [0.4, 0.5) is 10.6 Å². The van der Waals surface area contributed by atoms with Crippen LogP contribution in [0.2, 0.25) is 0 Å². The molecule has 2 N–H and O–H groups in total. The van der Waals surface area contributed by atoms with Crippen LogP contribution in [-0.2, 0) is 4.79 Å². The molecule has 3 amide bonds. The monoisotopic (exact) mass is 318 g/mol. The van der Waals surface area contributed by atoms with Crippen LogP contribution in [0.15, 0.2) is 18.6 Å². The molecule has 1 atom stereocenters. The zero-order valence-corrected chi connectivity index (χ0v) is 13.1. The summed E-state index contributed by atoms with van der Waals surface area (Å²) in [6.45, 7) is 3.33. The SMILES string of the molecule is O=C1NCCCC[C@H]1NC(=O)N1CCN(c2cnccn2)CC1. The van der Waals surface area contributed by atoms with Gasteiger partial charge in [0.1, 0.15) is 11.9 Å². The average molecular weight is 318 g/mol. The van der Waals surface area contributed by atoms with E-state index in [1.165, 1.54) is 0 Å². The number of carbonyl (C=O) groups is 2. The van der Waals surface area contributed by atoms with E-state index in [1.807, 2.05) is 0 Å². The summed E-state index contributed by atoms with van der Waals surface area (Å²) >= 11 is 0. The van der Waals surface area contributed by atoms with E-state index in [0.29, 0.717) is 39.1 Å². The van der Waals surface area contributed by atoms with Gasteiger partial charge in [-0.15, -0.1) is 0 Å². The second kappa shape index (κ2) is 7.26. The van der Waals surface area contributed by atoms with Crippen molar-refractivity contribution < 1.29 is 9.59 Å². The van der Waals surface area contributed by atoms with Crippen molar-refractivity contribution in [1.29, 1.82) is 0 Å². The van der Waals surface area contributed by atoms with Gasteiger partial charge in [-0.05, 0) is 19.3 Å². The molecule has 1 aromatic rings. The molecule has 0 unspecified atom stereocenters. The second-order valence-corrected chi connectivity index (χ2v) is 5.83. The standard InChI is InChI=1S/C15H22N6O2/c22-14-12(3-1-2-4-18-14)19-15(23)21-9-7-20(8-10-21)13-11-16-5-6-17-13/h5-6,11-12H,1-4,7-10H2,(H,18,22)(H,19,23)/t12-/m1/s1. The van der Waals surface area contributed by atoms with Gasteiger partial charge in [0.2, 0.25) is 5.91 Å². The van der Waals surface area contributed by atoms with Crippen molar-refractivity contribution in [3.05, 3.63) is 18.6 Å². The fraction of sp³-hybridized carbons (Fsp3) is 0.600. The van der Waals surface area contributed by atoms with Gasteiger partial charge in [0, 0.05) is 45.1 Å². The highest BCUT2D eigenvalue weighted by atomic mass is 16.2. The first-order valence-corrected chi connectivity index (χ1v) is 8.08. The van der Waals surface area contributed by atoms with Gasteiger partial charge in [-0.3, -0.25) is 9.78 Å². The largest absolute Gasteiger partial charge is 0.354 e. The normalized spacial score (nSPS) is 22.3. The predicted octanol–water partition coefficient (Wildman–Crippen LogP) is -0.0231. The van der Waals surface area contributed by atoms with E-state index < -0.39 is 6.04 Å². The number of aromatic nitrogens is 2. The van der Waals surface area contributed by atoms with E-state index in [2.05, 4.69) is 25.5 Å². The Hall–Kier alpha value is -2.38. The Morgan fingerprint density at radius 3 is 2.78 bits per heavy atom. The van der Waals surface area contributed by atoms with E-state index in [9.17, 15) is 9.59 Å². The molecule has 3 rings (SSSR count). The van der Waals surface area contributed by atoms with Crippen LogP contribution in [-0.4, -0.2) is 65.6 Å².